The molecule has 0 saturated carbocycles. The van der Waals surface area contributed by atoms with Crippen molar-refractivity contribution in [3.8, 4) is 0 Å². The van der Waals surface area contributed by atoms with E-state index in [9.17, 15) is 0 Å². The minimum Gasteiger partial charge on any atom is -0.344 e. The summed E-state index contributed by atoms with van der Waals surface area (Å²) in [6.07, 6.45) is 0. The second-order valence-corrected chi connectivity index (χ2v) is 5.26. The van der Waals surface area contributed by atoms with Gasteiger partial charge in [0.25, 0.3) is 0 Å². The van der Waals surface area contributed by atoms with Gasteiger partial charge < -0.3 is 9.80 Å². The van der Waals surface area contributed by atoms with Crippen molar-refractivity contribution in [1.82, 2.24) is 9.88 Å². The third-order valence-corrected chi connectivity index (χ3v) is 3.62. The van der Waals surface area contributed by atoms with Crippen LogP contribution in [0, 0.1) is 0 Å². The second kappa shape index (κ2) is 6.42. The van der Waals surface area contributed by atoms with E-state index in [1.807, 2.05) is 5.38 Å². The number of anilines is 1. The van der Waals surface area contributed by atoms with E-state index in [2.05, 4.69) is 42.7 Å². The molecule has 92 valence electrons. The summed E-state index contributed by atoms with van der Waals surface area (Å²) < 4.78 is 0. The summed E-state index contributed by atoms with van der Waals surface area (Å²) >= 11 is 7.44. The van der Waals surface area contributed by atoms with Gasteiger partial charge in [0.15, 0.2) is 5.13 Å². The van der Waals surface area contributed by atoms with E-state index in [0.29, 0.717) is 11.9 Å². The zero-order valence-corrected chi connectivity index (χ0v) is 12.0. The molecule has 0 aromatic carbocycles. The van der Waals surface area contributed by atoms with Gasteiger partial charge in [-0.3, -0.25) is 0 Å². The van der Waals surface area contributed by atoms with Crippen LogP contribution in [0.15, 0.2) is 5.38 Å². The van der Waals surface area contributed by atoms with Crippen LogP contribution in [0.3, 0.4) is 0 Å². The first-order valence-corrected chi connectivity index (χ1v) is 6.91. The van der Waals surface area contributed by atoms with E-state index in [1.165, 1.54) is 0 Å². The number of thiazole rings is 1. The van der Waals surface area contributed by atoms with Gasteiger partial charge in [0.1, 0.15) is 0 Å². The Balaban J connectivity index is 2.72. The quantitative estimate of drug-likeness (QED) is 0.734. The lowest BCUT2D eigenvalue weighted by Crippen LogP contribution is -2.40. The van der Waals surface area contributed by atoms with E-state index >= 15 is 0 Å². The van der Waals surface area contributed by atoms with Crippen molar-refractivity contribution in [2.24, 2.45) is 0 Å². The Morgan fingerprint density at radius 2 is 2.19 bits per heavy atom. The van der Waals surface area contributed by atoms with Gasteiger partial charge in [-0.1, -0.05) is 0 Å². The number of alkyl halides is 1. The maximum absolute atomic E-state index is 5.77. The molecule has 0 aliphatic heterocycles. The van der Waals surface area contributed by atoms with Crippen LogP contribution in [0.1, 0.15) is 19.5 Å². The fourth-order valence-electron chi connectivity index (χ4n) is 1.75. The van der Waals surface area contributed by atoms with Crippen LogP contribution in [0.5, 0.6) is 0 Å². The molecule has 1 unspecified atom stereocenters. The van der Waals surface area contributed by atoms with Crippen molar-refractivity contribution in [3.63, 3.8) is 0 Å². The molecule has 0 aliphatic rings. The standard InChI is InChI=1S/C11H20ClN3S/c1-5-15(9(2)7-14(3)4)11-13-10(6-12)8-16-11/h8-9H,5-7H2,1-4H3. The lowest BCUT2D eigenvalue weighted by atomic mass is 10.3. The maximum atomic E-state index is 5.77. The van der Waals surface area contributed by atoms with Crippen molar-refractivity contribution >= 4 is 28.1 Å². The molecule has 0 spiro atoms. The van der Waals surface area contributed by atoms with E-state index in [4.69, 9.17) is 11.6 Å². The Bertz CT molecular complexity index is 314. The summed E-state index contributed by atoms with van der Waals surface area (Å²) in [5, 5.41) is 3.11. The summed E-state index contributed by atoms with van der Waals surface area (Å²) in [6, 6.07) is 0.467. The van der Waals surface area contributed by atoms with Gasteiger partial charge in [0, 0.05) is 24.5 Å². The van der Waals surface area contributed by atoms with Crippen LogP contribution in [0.2, 0.25) is 0 Å². The molecule has 1 heterocycles. The van der Waals surface area contributed by atoms with Gasteiger partial charge in [-0.2, -0.15) is 0 Å². The van der Waals surface area contributed by atoms with E-state index < -0.39 is 0 Å². The van der Waals surface area contributed by atoms with Gasteiger partial charge in [0.05, 0.1) is 11.6 Å². The average molecular weight is 262 g/mol. The molecule has 1 atom stereocenters. The monoisotopic (exact) mass is 261 g/mol. The fourth-order valence-corrected chi connectivity index (χ4v) is 2.97. The van der Waals surface area contributed by atoms with Crippen LogP contribution < -0.4 is 4.90 Å². The molecule has 16 heavy (non-hydrogen) atoms. The lowest BCUT2D eigenvalue weighted by Gasteiger charge is -2.29. The van der Waals surface area contributed by atoms with Gasteiger partial charge in [-0.25, -0.2) is 4.98 Å². The molecule has 0 amide bonds. The summed E-state index contributed by atoms with van der Waals surface area (Å²) in [4.78, 5) is 9.04. The minimum absolute atomic E-state index is 0.467. The van der Waals surface area contributed by atoms with Crippen molar-refractivity contribution in [2.75, 3.05) is 32.1 Å². The van der Waals surface area contributed by atoms with Crippen LogP contribution >= 0.6 is 22.9 Å². The Morgan fingerprint density at radius 3 is 2.62 bits per heavy atom. The van der Waals surface area contributed by atoms with E-state index in [1.54, 1.807) is 11.3 Å². The summed E-state index contributed by atoms with van der Waals surface area (Å²) in [5.74, 6) is 0.496. The molecule has 1 rings (SSSR count). The molecule has 0 aliphatic carbocycles. The third-order valence-electron chi connectivity index (χ3n) is 2.42. The first-order valence-electron chi connectivity index (χ1n) is 5.50. The van der Waals surface area contributed by atoms with Crippen molar-refractivity contribution in [3.05, 3.63) is 11.1 Å². The van der Waals surface area contributed by atoms with Gasteiger partial charge >= 0.3 is 0 Å². The number of nitrogens with zero attached hydrogens (tertiary/aromatic N) is 3. The Morgan fingerprint density at radius 1 is 1.50 bits per heavy atom. The predicted molar refractivity (Wildman–Crippen MR) is 72.7 cm³/mol. The van der Waals surface area contributed by atoms with Crippen LogP contribution in [-0.2, 0) is 5.88 Å². The average Bonchev–Trinajstić information content (AvgIpc) is 2.66. The smallest absolute Gasteiger partial charge is 0.185 e. The van der Waals surface area contributed by atoms with Crippen LogP contribution in [0.4, 0.5) is 5.13 Å². The second-order valence-electron chi connectivity index (χ2n) is 4.15. The Kier molecular flexibility index (Phi) is 5.52. The number of halogens is 1. The normalized spacial score (nSPS) is 13.1. The number of hydrogen-bond donors (Lipinski definition) is 0. The summed E-state index contributed by atoms with van der Waals surface area (Å²) in [6.45, 7) is 6.40. The highest BCUT2D eigenvalue weighted by Gasteiger charge is 2.16. The molecule has 0 saturated heterocycles. The fraction of sp³-hybridized carbons (Fsp3) is 0.727. The summed E-state index contributed by atoms with van der Waals surface area (Å²) in [5.41, 5.74) is 0.970. The molecule has 0 fully saturated rings. The predicted octanol–water partition coefficient (Wildman–Crippen LogP) is 2.66. The first kappa shape index (κ1) is 13.7. The molecule has 5 heteroatoms. The van der Waals surface area contributed by atoms with Crippen molar-refractivity contribution in [2.45, 2.75) is 25.8 Å². The molecule has 1 aromatic rings. The Hall–Kier alpha value is -0.320. The Labute approximate surface area is 107 Å². The van der Waals surface area contributed by atoms with Gasteiger partial charge in [-0.15, -0.1) is 22.9 Å². The third kappa shape index (κ3) is 3.61. The minimum atomic E-state index is 0.467. The number of aromatic nitrogens is 1. The molecule has 0 N–H and O–H groups in total. The number of rotatable bonds is 6. The van der Waals surface area contributed by atoms with Crippen LogP contribution in [0.25, 0.3) is 0 Å². The highest BCUT2D eigenvalue weighted by atomic mass is 35.5. The molecular formula is C11H20ClN3S. The van der Waals surface area contributed by atoms with Gasteiger partial charge in [-0.05, 0) is 27.9 Å². The zero-order valence-electron chi connectivity index (χ0n) is 10.4. The largest absolute Gasteiger partial charge is 0.344 e. The highest BCUT2D eigenvalue weighted by molar-refractivity contribution is 7.13. The van der Waals surface area contributed by atoms with E-state index in [0.717, 1.165) is 23.9 Å². The number of hydrogen-bond acceptors (Lipinski definition) is 4. The molecule has 0 bridgehead atoms. The molecule has 0 radical (unpaired) electrons. The van der Waals surface area contributed by atoms with Gasteiger partial charge in [0.2, 0.25) is 0 Å². The topological polar surface area (TPSA) is 19.4 Å². The zero-order chi connectivity index (χ0) is 12.1. The van der Waals surface area contributed by atoms with E-state index in [-0.39, 0.29) is 0 Å². The lowest BCUT2D eigenvalue weighted by molar-refractivity contribution is 0.373. The number of likely N-dealkylation sites (N-methyl/N-ethyl adjacent to an activating group) is 2. The SMILES string of the molecule is CCN(c1nc(CCl)cs1)C(C)CN(C)C. The van der Waals surface area contributed by atoms with Crippen molar-refractivity contribution in [1.29, 1.82) is 0 Å². The molecule has 1 aromatic heterocycles. The molecule has 3 nitrogen and oxygen atoms in total. The highest BCUT2D eigenvalue weighted by Crippen LogP contribution is 2.23. The first-order chi connectivity index (χ1) is 7.58. The van der Waals surface area contributed by atoms with Crippen molar-refractivity contribution < 1.29 is 0 Å². The molecular weight excluding hydrogens is 242 g/mol. The maximum Gasteiger partial charge on any atom is 0.185 e. The summed E-state index contributed by atoms with van der Waals surface area (Å²) in [7, 11) is 4.19. The van der Waals surface area contributed by atoms with Crippen LogP contribution in [-0.4, -0.2) is 43.1 Å².